The molecular weight excluding hydrogens is 420 g/mol. The van der Waals surface area contributed by atoms with Gasteiger partial charge in [-0.1, -0.05) is 110 Å². The van der Waals surface area contributed by atoms with Gasteiger partial charge in [0.2, 0.25) is 0 Å². The number of carboxylic acids is 3. The largest absolute Gasteiger partial charge is 0.481 e. The highest BCUT2D eigenvalue weighted by molar-refractivity contribution is 5.72. The van der Waals surface area contributed by atoms with Crippen LogP contribution in [0.2, 0.25) is 0 Å². The maximum atomic E-state index is 11.5. The van der Waals surface area contributed by atoms with E-state index in [4.69, 9.17) is 5.11 Å². The van der Waals surface area contributed by atoms with Crippen molar-refractivity contribution in [1.82, 2.24) is 0 Å². The first-order valence-corrected chi connectivity index (χ1v) is 13.6. The first-order chi connectivity index (χ1) is 15.9. The molecule has 0 radical (unpaired) electrons. The summed E-state index contributed by atoms with van der Waals surface area (Å²) in [7, 11) is 0. The summed E-state index contributed by atoms with van der Waals surface area (Å²) in [5.74, 6) is -3.94. The molecule has 3 N–H and O–H groups in total. The molecule has 0 aliphatic rings. The van der Waals surface area contributed by atoms with Crippen LogP contribution in [0.4, 0.5) is 0 Å². The second-order valence-corrected chi connectivity index (χ2v) is 9.67. The smallest absolute Gasteiger partial charge is 0.306 e. The van der Waals surface area contributed by atoms with Gasteiger partial charge in [0.05, 0.1) is 11.8 Å². The van der Waals surface area contributed by atoms with E-state index in [-0.39, 0.29) is 12.8 Å². The van der Waals surface area contributed by atoms with E-state index >= 15 is 0 Å². The van der Waals surface area contributed by atoms with E-state index in [1.54, 1.807) is 0 Å². The summed E-state index contributed by atoms with van der Waals surface area (Å²) in [5, 5.41) is 27.4. The van der Waals surface area contributed by atoms with Crippen LogP contribution in [0.15, 0.2) is 0 Å². The zero-order valence-electron chi connectivity index (χ0n) is 21.1. The topological polar surface area (TPSA) is 112 Å². The molecule has 0 amide bonds. The number of carbonyl (C=O) groups is 3. The van der Waals surface area contributed by atoms with Gasteiger partial charge in [-0.15, -0.1) is 0 Å². The number of hydrogen-bond donors (Lipinski definition) is 3. The molecule has 0 aromatic rings. The summed E-state index contributed by atoms with van der Waals surface area (Å²) in [4.78, 5) is 33.4. The minimum Gasteiger partial charge on any atom is -0.481 e. The van der Waals surface area contributed by atoms with Crippen LogP contribution in [0.3, 0.4) is 0 Å². The number of carboxylic acid groups (broad SMARTS) is 3. The number of hydrogen-bond acceptors (Lipinski definition) is 3. The van der Waals surface area contributed by atoms with Crippen molar-refractivity contribution < 1.29 is 29.7 Å². The summed E-state index contributed by atoms with van der Waals surface area (Å²) < 4.78 is 0. The fraction of sp³-hybridized carbons (Fsp3) is 0.889. The number of aliphatic carboxylic acids is 3. The van der Waals surface area contributed by atoms with Crippen molar-refractivity contribution in [2.24, 2.45) is 11.8 Å². The first-order valence-electron chi connectivity index (χ1n) is 13.6. The van der Waals surface area contributed by atoms with E-state index in [0.717, 1.165) is 19.3 Å². The molecule has 0 aliphatic carbocycles. The average molecular weight is 471 g/mol. The molecule has 0 aromatic carbocycles. The van der Waals surface area contributed by atoms with Crippen molar-refractivity contribution in [3.63, 3.8) is 0 Å². The van der Waals surface area contributed by atoms with Crippen LogP contribution in [0.5, 0.6) is 0 Å². The summed E-state index contributed by atoms with van der Waals surface area (Å²) in [6.07, 6.45) is 21.1. The fourth-order valence-electron chi connectivity index (χ4n) is 4.45. The predicted molar refractivity (Wildman–Crippen MR) is 133 cm³/mol. The van der Waals surface area contributed by atoms with Gasteiger partial charge in [-0.25, -0.2) is 0 Å². The van der Waals surface area contributed by atoms with E-state index < -0.39 is 29.7 Å². The molecule has 0 aromatic heterocycles. The van der Waals surface area contributed by atoms with E-state index in [9.17, 15) is 24.6 Å². The molecule has 2 atom stereocenters. The van der Waals surface area contributed by atoms with Gasteiger partial charge in [0.15, 0.2) is 0 Å². The molecule has 2 unspecified atom stereocenters. The second-order valence-electron chi connectivity index (χ2n) is 9.67. The molecule has 0 spiro atoms. The zero-order valence-corrected chi connectivity index (χ0v) is 21.1. The molecule has 33 heavy (non-hydrogen) atoms. The Morgan fingerprint density at radius 2 is 0.818 bits per heavy atom. The molecule has 0 heterocycles. The van der Waals surface area contributed by atoms with Gasteiger partial charge < -0.3 is 15.3 Å². The SMILES string of the molecule is CCCCCCCCCCCCCCCCCC(CCCC(CCC(=O)O)C(=O)O)C(=O)O. The van der Waals surface area contributed by atoms with E-state index in [1.165, 1.54) is 77.0 Å². The van der Waals surface area contributed by atoms with Crippen LogP contribution in [0.1, 0.15) is 142 Å². The quantitative estimate of drug-likeness (QED) is 0.118. The van der Waals surface area contributed by atoms with E-state index in [0.29, 0.717) is 25.7 Å². The lowest BCUT2D eigenvalue weighted by Crippen LogP contribution is -2.17. The summed E-state index contributed by atoms with van der Waals surface area (Å²) >= 11 is 0. The van der Waals surface area contributed by atoms with Crippen LogP contribution in [-0.2, 0) is 14.4 Å². The molecule has 0 aliphatic heterocycles. The lowest BCUT2D eigenvalue weighted by molar-refractivity contribution is -0.143. The normalized spacial score (nSPS) is 13.0. The molecule has 0 fully saturated rings. The highest BCUT2D eigenvalue weighted by Gasteiger charge is 2.21. The van der Waals surface area contributed by atoms with Gasteiger partial charge in [0.1, 0.15) is 0 Å². The van der Waals surface area contributed by atoms with Gasteiger partial charge in [-0.3, -0.25) is 14.4 Å². The van der Waals surface area contributed by atoms with Crippen molar-refractivity contribution >= 4 is 17.9 Å². The highest BCUT2D eigenvalue weighted by atomic mass is 16.4. The van der Waals surface area contributed by atoms with Crippen LogP contribution < -0.4 is 0 Å². The molecule has 6 heteroatoms. The van der Waals surface area contributed by atoms with Crippen molar-refractivity contribution in [3.8, 4) is 0 Å². The van der Waals surface area contributed by atoms with Crippen LogP contribution in [0.25, 0.3) is 0 Å². The minimum atomic E-state index is -1.00. The fourth-order valence-corrected chi connectivity index (χ4v) is 4.45. The summed E-state index contributed by atoms with van der Waals surface area (Å²) in [5.41, 5.74) is 0. The average Bonchev–Trinajstić information content (AvgIpc) is 2.76. The maximum absolute atomic E-state index is 11.5. The van der Waals surface area contributed by atoms with E-state index in [2.05, 4.69) is 6.92 Å². The Labute approximate surface area is 201 Å². The summed E-state index contributed by atoms with van der Waals surface area (Å²) in [6.45, 7) is 2.25. The maximum Gasteiger partial charge on any atom is 0.306 e. The van der Waals surface area contributed by atoms with Gasteiger partial charge >= 0.3 is 17.9 Å². The van der Waals surface area contributed by atoms with Crippen molar-refractivity contribution in [2.45, 2.75) is 142 Å². The minimum absolute atomic E-state index is 0.0987. The van der Waals surface area contributed by atoms with Crippen LogP contribution in [0, 0.1) is 11.8 Å². The number of rotatable bonds is 25. The van der Waals surface area contributed by atoms with Gasteiger partial charge in [0, 0.05) is 6.42 Å². The molecule has 0 saturated heterocycles. The Hall–Kier alpha value is -1.59. The standard InChI is InChI=1S/C27H50O6/c1-2-3-4-5-6-7-8-9-10-11-12-13-14-15-16-18-23(26(30)31)19-17-20-24(27(32)33)21-22-25(28)29/h23-24H,2-22H2,1H3,(H,28,29)(H,30,31)(H,32,33). The Kier molecular flexibility index (Phi) is 21.1. The lowest BCUT2D eigenvalue weighted by atomic mass is 9.91. The van der Waals surface area contributed by atoms with E-state index in [1.807, 2.05) is 0 Å². The second kappa shape index (κ2) is 22.2. The molecular formula is C27H50O6. The van der Waals surface area contributed by atoms with Crippen LogP contribution >= 0.6 is 0 Å². The van der Waals surface area contributed by atoms with Crippen molar-refractivity contribution in [1.29, 1.82) is 0 Å². The molecule has 0 bridgehead atoms. The Balaban J connectivity index is 3.70. The summed E-state index contributed by atoms with van der Waals surface area (Å²) in [6, 6.07) is 0. The van der Waals surface area contributed by atoms with Crippen molar-refractivity contribution in [2.75, 3.05) is 0 Å². The van der Waals surface area contributed by atoms with Gasteiger partial charge in [-0.05, 0) is 25.7 Å². The third kappa shape index (κ3) is 20.7. The van der Waals surface area contributed by atoms with Gasteiger partial charge in [0.25, 0.3) is 0 Å². The Bertz CT molecular complexity index is 505. The Morgan fingerprint density at radius 3 is 1.18 bits per heavy atom. The molecule has 6 nitrogen and oxygen atoms in total. The molecule has 194 valence electrons. The first kappa shape index (κ1) is 31.4. The lowest BCUT2D eigenvalue weighted by Gasteiger charge is -2.15. The Morgan fingerprint density at radius 1 is 0.485 bits per heavy atom. The van der Waals surface area contributed by atoms with Crippen molar-refractivity contribution in [3.05, 3.63) is 0 Å². The zero-order chi connectivity index (χ0) is 24.7. The molecule has 0 saturated carbocycles. The molecule has 0 rings (SSSR count). The van der Waals surface area contributed by atoms with Crippen LogP contribution in [-0.4, -0.2) is 33.2 Å². The third-order valence-corrected chi connectivity index (χ3v) is 6.67. The predicted octanol–water partition coefficient (Wildman–Crippen LogP) is 7.68. The number of unbranched alkanes of at least 4 members (excludes halogenated alkanes) is 14. The third-order valence-electron chi connectivity index (χ3n) is 6.67. The van der Waals surface area contributed by atoms with Gasteiger partial charge in [-0.2, -0.15) is 0 Å². The monoisotopic (exact) mass is 470 g/mol. The highest BCUT2D eigenvalue weighted by Crippen LogP contribution is 2.22.